The molecule has 0 aromatic carbocycles. The molecule has 5 nitrogen and oxygen atoms in total. The molecule has 1 aromatic rings. The molecule has 1 saturated heterocycles. The fourth-order valence-corrected chi connectivity index (χ4v) is 2.67. The van der Waals surface area contributed by atoms with Crippen molar-refractivity contribution >= 4 is 5.91 Å². The predicted molar refractivity (Wildman–Crippen MR) is 72.9 cm³/mol. The van der Waals surface area contributed by atoms with Crippen molar-refractivity contribution in [1.82, 2.24) is 14.9 Å². The highest BCUT2D eigenvalue weighted by molar-refractivity contribution is 5.72. The van der Waals surface area contributed by atoms with Gasteiger partial charge in [-0.15, -0.1) is 0 Å². The van der Waals surface area contributed by atoms with E-state index in [-0.39, 0.29) is 11.5 Å². The number of hydrogen-bond donors (Lipinski definition) is 1. The number of hydrogen-bond acceptors (Lipinski definition) is 3. The smallest absolute Gasteiger partial charge is 0.216 e. The Hall–Kier alpha value is -1.36. The van der Waals surface area contributed by atoms with E-state index in [0.29, 0.717) is 12.5 Å². The van der Waals surface area contributed by atoms with E-state index in [1.54, 1.807) is 0 Å². The van der Waals surface area contributed by atoms with Crippen molar-refractivity contribution in [3.63, 3.8) is 0 Å². The molecule has 0 spiro atoms. The predicted octanol–water partition coefficient (Wildman–Crippen LogP) is 1.69. The summed E-state index contributed by atoms with van der Waals surface area (Å²) in [4.78, 5) is 15.4. The van der Waals surface area contributed by atoms with Crippen molar-refractivity contribution < 1.29 is 9.53 Å². The monoisotopic (exact) mass is 265 g/mol. The summed E-state index contributed by atoms with van der Waals surface area (Å²) in [6.45, 7) is 8.00. The lowest BCUT2D eigenvalue weighted by molar-refractivity contribution is -0.118. The Morgan fingerprint density at radius 1 is 1.63 bits per heavy atom. The molecule has 0 bridgehead atoms. The molecule has 0 saturated carbocycles. The molecular weight excluding hydrogens is 242 g/mol. The second-order valence-corrected chi connectivity index (χ2v) is 5.76. The summed E-state index contributed by atoms with van der Waals surface area (Å²) in [7, 11) is 0. The summed E-state index contributed by atoms with van der Waals surface area (Å²) in [5.41, 5.74) is -0.0721. The summed E-state index contributed by atoms with van der Waals surface area (Å²) in [5.74, 6) is 1.56. The van der Waals surface area contributed by atoms with E-state index in [0.717, 1.165) is 31.8 Å². The summed E-state index contributed by atoms with van der Waals surface area (Å²) in [6, 6.07) is 0. The van der Waals surface area contributed by atoms with Crippen LogP contribution in [-0.4, -0.2) is 34.2 Å². The Balaban J connectivity index is 2.00. The van der Waals surface area contributed by atoms with Gasteiger partial charge < -0.3 is 14.6 Å². The third-order valence-electron chi connectivity index (χ3n) is 3.54. The highest BCUT2D eigenvalue weighted by atomic mass is 16.5. The van der Waals surface area contributed by atoms with Gasteiger partial charge in [0.15, 0.2) is 0 Å². The first-order valence-corrected chi connectivity index (χ1v) is 6.87. The van der Waals surface area contributed by atoms with E-state index in [1.807, 2.05) is 12.4 Å². The Morgan fingerprint density at radius 2 is 2.42 bits per heavy atom. The molecule has 1 N–H and O–H groups in total. The van der Waals surface area contributed by atoms with E-state index >= 15 is 0 Å². The van der Waals surface area contributed by atoms with Gasteiger partial charge in [0.2, 0.25) is 5.91 Å². The Kier molecular flexibility index (Phi) is 4.24. The maximum atomic E-state index is 10.9. The van der Waals surface area contributed by atoms with Crippen LogP contribution < -0.4 is 5.32 Å². The molecule has 0 aliphatic carbocycles. The minimum atomic E-state index is -0.0721. The third kappa shape index (κ3) is 3.80. The van der Waals surface area contributed by atoms with Crippen molar-refractivity contribution in [2.24, 2.45) is 0 Å². The fourth-order valence-electron chi connectivity index (χ4n) is 2.67. The van der Waals surface area contributed by atoms with E-state index in [4.69, 9.17) is 4.74 Å². The summed E-state index contributed by atoms with van der Waals surface area (Å²) in [5, 5.41) is 2.82. The quantitative estimate of drug-likeness (QED) is 0.901. The van der Waals surface area contributed by atoms with Crippen molar-refractivity contribution in [1.29, 1.82) is 0 Å². The van der Waals surface area contributed by atoms with Crippen LogP contribution in [0.3, 0.4) is 0 Å². The molecular formula is C14H23N3O2. The van der Waals surface area contributed by atoms with Crippen LogP contribution in [0.15, 0.2) is 12.4 Å². The SMILES string of the molecule is CC(=O)NCCn1ccnc1C1CCOC(C)(C)C1. The second kappa shape index (κ2) is 5.74. The molecule has 1 aliphatic rings. The molecule has 1 aliphatic heterocycles. The van der Waals surface area contributed by atoms with Gasteiger partial charge in [-0.1, -0.05) is 0 Å². The van der Waals surface area contributed by atoms with Gasteiger partial charge in [-0.2, -0.15) is 0 Å². The van der Waals surface area contributed by atoms with Crippen LogP contribution in [0.4, 0.5) is 0 Å². The number of nitrogens with zero attached hydrogens (tertiary/aromatic N) is 2. The third-order valence-corrected chi connectivity index (χ3v) is 3.54. The molecule has 19 heavy (non-hydrogen) atoms. The number of carbonyl (C=O) groups excluding carboxylic acids is 1. The zero-order chi connectivity index (χ0) is 13.9. The topological polar surface area (TPSA) is 56.2 Å². The summed E-state index contributed by atoms with van der Waals surface area (Å²) >= 11 is 0. The van der Waals surface area contributed by atoms with Crippen molar-refractivity contribution in [2.45, 2.75) is 51.7 Å². The van der Waals surface area contributed by atoms with Gasteiger partial charge in [-0.05, 0) is 26.7 Å². The molecule has 0 radical (unpaired) electrons. The number of carbonyl (C=O) groups is 1. The van der Waals surface area contributed by atoms with E-state index in [1.165, 1.54) is 6.92 Å². The Morgan fingerprint density at radius 3 is 3.11 bits per heavy atom. The van der Waals surface area contributed by atoms with Gasteiger partial charge in [0.1, 0.15) is 5.82 Å². The Labute approximate surface area is 114 Å². The molecule has 1 amide bonds. The zero-order valence-corrected chi connectivity index (χ0v) is 12.0. The molecule has 106 valence electrons. The molecule has 5 heteroatoms. The average molecular weight is 265 g/mol. The fraction of sp³-hybridized carbons (Fsp3) is 0.714. The standard InChI is InChI=1S/C14H23N3O2/c1-11(18)15-5-7-17-8-6-16-13(17)12-4-9-19-14(2,3)10-12/h6,8,12H,4-5,7,9-10H2,1-3H3,(H,15,18). The van der Waals surface area contributed by atoms with Crippen LogP contribution in [0.1, 0.15) is 45.4 Å². The van der Waals surface area contributed by atoms with Crippen molar-refractivity contribution in [3.05, 3.63) is 18.2 Å². The first kappa shape index (κ1) is 14.1. The maximum absolute atomic E-state index is 10.9. The molecule has 2 rings (SSSR count). The van der Waals surface area contributed by atoms with Gasteiger partial charge in [-0.25, -0.2) is 4.98 Å². The second-order valence-electron chi connectivity index (χ2n) is 5.76. The first-order valence-electron chi connectivity index (χ1n) is 6.87. The first-order chi connectivity index (χ1) is 8.98. The number of imidazole rings is 1. The summed E-state index contributed by atoms with van der Waals surface area (Å²) < 4.78 is 7.89. The van der Waals surface area contributed by atoms with Crippen LogP contribution in [0.5, 0.6) is 0 Å². The normalized spacial score (nSPS) is 22.2. The number of amides is 1. The lowest BCUT2D eigenvalue weighted by Crippen LogP contribution is -2.34. The van der Waals surface area contributed by atoms with Gasteiger partial charge in [0.05, 0.1) is 5.60 Å². The van der Waals surface area contributed by atoms with Crippen molar-refractivity contribution in [3.8, 4) is 0 Å². The van der Waals surface area contributed by atoms with Crippen LogP contribution in [0.25, 0.3) is 0 Å². The van der Waals surface area contributed by atoms with Crippen LogP contribution >= 0.6 is 0 Å². The minimum absolute atomic E-state index is 0.00821. The van der Waals surface area contributed by atoms with E-state index < -0.39 is 0 Å². The van der Waals surface area contributed by atoms with Crippen LogP contribution in [0.2, 0.25) is 0 Å². The molecule has 1 aromatic heterocycles. The highest BCUT2D eigenvalue weighted by Gasteiger charge is 2.31. The molecule has 2 heterocycles. The van der Waals surface area contributed by atoms with Crippen LogP contribution in [-0.2, 0) is 16.1 Å². The van der Waals surface area contributed by atoms with Crippen LogP contribution in [0, 0.1) is 0 Å². The number of rotatable bonds is 4. The minimum Gasteiger partial charge on any atom is -0.376 e. The van der Waals surface area contributed by atoms with Crippen molar-refractivity contribution in [2.75, 3.05) is 13.2 Å². The molecule has 1 atom stereocenters. The number of ether oxygens (including phenoxy) is 1. The van der Waals surface area contributed by atoms with Gasteiger partial charge in [0, 0.05) is 44.9 Å². The molecule has 1 unspecified atom stereocenters. The highest BCUT2D eigenvalue weighted by Crippen LogP contribution is 2.34. The van der Waals surface area contributed by atoms with Gasteiger partial charge in [-0.3, -0.25) is 4.79 Å². The lowest BCUT2D eigenvalue weighted by Gasteiger charge is -2.35. The van der Waals surface area contributed by atoms with E-state index in [9.17, 15) is 4.79 Å². The Bertz CT molecular complexity index is 440. The van der Waals surface area contributed by atoms with Gasteiger partial charge in [0.25, 0.3) is 0 Å². The average Bonchev–Trinajstić information content (AvgIpc) is 2.75. The number of aromatic nitrogens is 2. The summed E-state index contributed by atoms with van der Waals surface area (Å²) in [6.07, 6.45) is 5.83. The largest absolute Gasteiger partial charge is 0.376 e. The number of nitrogens with one attached hydrogen (secondary N) is 1. The van der Waals surface area contributed by atoms with Gasteiger partial charge >= 0.3 is 0 Å². The zero-order valence-electron chi connectivity index (χ0n) is 12.0. The maximum Gasteiger partial charge on any atom is 0.216 e. The van der Waals surface area contributed by atoms with E-state index in [2.05, 4.69) is 28.7 Å². The lowest BCUT2D eigenvalue weighted by atomic mass is 9.88. The molecule has 1 fully saturated rings.